The molecule has 3 aromatic rings. The summed E-state index contributed by atoms with van der Waals surface area (Å²) in [6.07, 6.45) is -4.70. The van der Waals surface area contributed by atoms with Crippen molar-refractivity contribution in [2.75, 3.05) is 12.4 Å². The number of aryl methyl sites for hydroxylation is 2. The van der Waals surface area contributed by atoms with Crippen molar-refractivity contribution in [3.8, 4) is 5.69 Å². The predicted molar refractivity (Wildman–Crippen MR) is 101 cm³/mol. The van der Waals surface area contributed by atoms with Gasteiger partial charge in [0.2, 0.25) is 5.82 Å². The maximum atomic E-state index is 13.7. The minimum absolute atomic E-state index is 0.0162. The van der Waals surface area contributed by atoms with E-state index in [-0.39, 0.29) is 17.5 Å². The molecule has 0 aliphatic rings. The summed E-state index contributed by atoms with van der Waals surface area (Å²) in [5.74, 6) is -1.82. The van der Waals surface area contributed by atoms with Crippen LogP contribution in [0.1, 0.15) is 23.9 Å². The van der Waals surface area contributed by atoms with Crippen LogP contribution in [0.4, 0.5) is 13.2 Å². The molecule has 0 saturated heterocycles. The Bertz CT molecular complexity index is 1030. The molecular formula is C19H18F3N3O2S. The topological polar surface area (TPSA) is 57.0 Å². The molecule has 2 aromatic carbocycles. The third-order valence-electron chi connectivity index (χ3n) is 4.15. The highest BCUT2D eigenvalue weighted by molar-refractivity contribution is 7.99. The van der Waals surface area contributed by atoms with Crippen LogP contribution in [0.25, 0.3) is 16.5 Å². The molecule has 3 rings (SSSR count). The molecule has 0 aliphatic heterocycles. The fraction of sp³-hybridized carbons (Fsp3) is 0.316. The van der Waals surface area contributed by atoms with Crippen LogP contribution in [0.2, 0.25) is 0 Å². The molecule has 148 valence electrons. The summed E-state index contributed by atoms with van der Waals surface area (Å²) in [6, 6.07) is 9.06. The summed E-state index contributed by atoms with van der Waals surface area (Å²) in [7, 11) is 0. The summed E-state index contributed by atoms with van der Waals surface area (Å²) in [4.78, 5) is 11.7. The number of carbonyl (C=O) groups excluding carboxylic acids is 1. The van der Waals surface area contributed by atoms with E-state index in [0.717, 1.165) is 27.3 Å². The van der Waals surface area contributed by atoms with E-state index in [0.29, 0.717) is 16.6 Å². The monoisotopic (exact) mass is 409 g/mol. The van der Waals surface area contributed by atoms with E-state index in [9.17, 15) is 18.0 Å². The van der Waals surface area contributed by atoms with Crippen molar-refractivity contribution in [3.05, 3.63) is 47.3 Å². The lowest BCUT2D eigenvalue weighted by Gasteiger charge is -2.18. The Morgan fingerprint density at radius 1 is 1.14 bits per heavy atom. The molecular weight excluding hydrogens is 391 g/mol. The maximum absolute atomic E-state index is 13.7. The van der Waals surface area contributed by atoms with Crippen LogP contribution < -0.4 is 0 Å². The zero-order chi connectivity index (χ0) is 20.5. The third kappa shape index (κ3) is 3.84. The molecule has 0 amide bonds. The number of nitrogens with zero attached hydrogens (tertiary/aromatic N) is 3. The van der Waals surface area contributed by atoms with Gasteiger partial charge in [-0.1, -0.05) is 42.1 Å². The van der Waals surface area contributed by atoms with Gasteiger partial charge in [0.25, 0.3) is 0 Å². The number of esters is 1. The average Bonchev–Trinajstić information content (AvgIpc) is 3.04. The molecule has 0 radical (unpaired) electrons. The third-order valence-corrected chi connectivity index (χ3v) is 5.05. The van der Waals surface area contributed by atoms with Crippen molar-refractivity contribution in [2.24, 2.45) is 0 Å². The van der Waals surface area contributed by atoms with Gasteiger partial charge in [-0.25, -0.2) is 0 Å². The predicted octanol–water partition coefficient (Wildman–Crippen LogP) is 4.71. The Balaban J connectivity index is 2.22. The molecule has 0 spiro atoms. The van der Waals surface area contributed by atoms with E-state index in [1.54, 1.807) is 26.0 Å². The Morgan fingerprint density at radius 3 is 2.46 bits per heavy atom. The van der Waals surface area contributed by atoms with Crippen molar-refractivity contribution in [2.45, 2.75) is 32.1 Å². The molecule has 0 N–H and O–H groups in total. The fourth-order valence-corrected chi connectivity index (χ4v) is 3.82. The highest BCUT2D eigenvalue weighted by Gasteiger charge is 2.39. The minimum atomic E-state index is -4.70. The second kappa shape index (κ2) is 7.83. The summed E-state index contributed by atoms with van der Waals surface area (Å²) >= 11 is 0.863. The van der Waals surface area contributed by atoms with Crippen molar-refractivity contribution in [1.29, 1.82) is 0 Å². The molecule has 28 heavy (non-hydrogen) atoms. The van der Waals surface area contributed by atoms with Crippen LogP contribution in [0.15, 0.2) is 35.5 Å². The van der Waals surface area contributed by atoms with Crippen molar-refractivity contribution >= 4 is 28.5 Å². The van der Waals surface area contributed by atoms with E-state index in [1.807, 2.05) is 25.1 Å². The Labute approximate surface area is 163 Å². The van der Waals surface area contributed by atoms with Crippen LogP contribution in [0.5, 0.6) is 0 Å². The number of hydrogen-bond acceptors (Lipinski definition) is 5. The summed E-state index contributed by atoms with van der Waals surface area (Å²) < 4.78 is 46.8. The molecule has 5 nitrogen and oxygen atoms in total. The standard InChI is InChI=1S/C19H18F3N3O2S/c1-4-27-15(26)10-28-18-24-23-17(19(20,21)22)25(18)16-12(3)9-11(2)13-7-5-6-8-14(13)16/h5-9H,4,10H2,1-3H3. The largest absolute Gasteiger partial charge is 0.465 e. The molecule has 1 heterocycles. The van der Waals surface area contributed by atoms with E-state index in [2.05, 4.69) is 10.2 Å². The molecule has 9 heteroatoms. The quantitative estimate of drug-likeness (QED) is 0.451. The van der Waals surface area contributed by atoms with E-state index in [4.69, 9.17) is 4.74 Å². The molecule has 0 bridgehead atoms. The van der Waals surface area contributed by atoms with Crippen LogP contribution in [0.3, 0.4) is 0 Å². The van der Waals surface area contributed by atoms with Gasteiger partial charge in [0, 0.05) is 5.39 Å². The normalized spacial score (nSPS) is 11.8. The Morgan fingerprint density at radius 2 is 1.82 bits per heavy atom. The minimum Gasteiger partial charge on any atom is -0.465 e. The SMILES string of the molecule is CCOC(=O)CSc1nnc(C(F)(F)F)n1-c1c(C)cc(C)c2ccccc12. The van der Waals surface area contributed by atoms with Gasteiger partial charge in [-0.3, -0.25) is 9.36 Å². The number of rotatable bonds is 5. The number of carbonyl (C=O) groups is 1. The molecule has 0 saturated carbocycles. The van der Waals surface area contributed by atoms with Gasteiger partial charge in [0.1, 0.15) is 0 Å². The number of benzene rings is 2. The number of fused-ring (bicyclic) bond motifs is 1. The van der Waals surface area contributed by atoms with Gasteiger partial charge in [0.05, 0.1) is 18.0 Å². The first-order valence-electron chi connectivity index (χ1n) is 8.54. The first kappa shape index (κ1) is 20.2. The van der Waals surface area contributed by atoms with Crippen LogP contribution in [-0.4, -0.2) is 33.1 Å². The second-order valence-electron chi connectivity index (χ2n) is 6.14. The lowest BCUT2D eigenvalue weighted by molar-refractivity contribution is -0.146. The van der Waals surface area contributed by atoms with Gasteiger partial charge in [0.15, 0.2) is 5.16 Å². The highest BCUT2D eigenvalue weighted by Crippen LogP contribution is 2.37. The number of thioether (sulfide) groups is 1. The van der Waals surface area contributed by atoms with Gasteiger partial charge < -0.3 is 4.74 Å². The van der Waals surface area contributed by atoms with Crippen LogP contribution >= 0.6 is 11.8 Å². The van der Waals surface area contributed by atoms with E-state index < -0.39 is 18.0 Å². The number of alkyl halides is 3. The zero-order valence-electron chi connectivity index (χ0n) is 15.5. The molecule has 0 aliphatic carbocycles. The second-order valence-corrected chi connectivity index (χ2v) is 7.08. The van der Waals surface area contributed by atoms with Crippen molar-refractivity contribution in [1.82, 2.24) is 14.8 Å². The number of hydrogen-bond donors (Lipinski definition) is 0. The van der Waals surface area contributed by atoms with Crippen LogP contribution in [0, 0.1) is 13.8 Å². The maximum Gasteiger partial charge on any atom is 0.452 e. The van der Waals surface area contributed by atoms with Gasteiger partial charge in [-0.05, 0) is 37.3 Å². The smallest absolute Gasteiger partial charge is 0.452 e. The number of halogens is 3. The van der Waals surface area contributed by atoms with Gasteiger partial charge in [-0.15, -0.1) is 10.2 Å². The van der Waals surface area contributed by atoms with Crippen molar-refractivity contribution < 1.29 is 22.7 Å². The molecule has 0 fully saturated rings. The lowest BCUT2D eigenvalue weighted by atomic mass is 9.99. The first-order valence-corrected chi connectivity index (χ1v) is 9.53. The van der Waals surface area contributed by atoms with Crippen LogP contribution in [-0.2, 0) is 15.7 Å². The lowest BCUT2D eigenvalue weighted by Crippen LogP contribution is -2.16. The summed E-state index contributed by atoms with van der Waals surface area (Å²) in [5, 5.41) is 8.56. The summed E-state index contributed by atoms with van der Waals surface area (Å²) in [6.45, 7) is 5.51. The van der Waals surface area contributed by atoms with Gasteiger partial charge in [-0.2, -0.15) is 13.2 Å². The van der Waals surface area contributed by atoms with Crippen molar-refractivity contribution in [3.63, 3.8) is 0 Å². The Hall–Kier alpha value is -2.55. The zero-order valence-corrected chi connectivity index (χ0v) is 16.3. The fourth-order valence-electron chi connectivity index (χ4n) is 3.09. The van der Waals surface area contributed by atoms with E-state index >= 15 is 0 Å². The number of aromatic nitrogens is 3. The first-order chi connectivity index (χ1) is 13.2. The molecule has 0 unspecified atom stereocenters. The van der Waals surface area contributed by atoms with Gasteiger partial charge >= 0.3 is 12.1 Å². The molecule has 0 atom stereocenters. The Kier molecular flexibility index (Phi) is 5.64. The highest BCUT2D eigenvalue weighted by atomic mass is 32.2. The molecule has 1 aromatic heterocycles. The summed E-state index contributed by atoms with van der Waals surface area (Å²) in [5.41, 5.74) is 1.96. The average molecular weight is 409 g/mol. The number of ether oxygens (including phenoxy) is 1. The van der Waals surface area contributed by atoms with E-state index in [1.165, 1.54) is 0 Å².